The van der Waals surface area contributed by atoms with Crippen molar-refractivity contribution < 1.29 is 9.18 Å². The molecule has 0 radical (unpaired) electrons. The number of aromatic nitrogens is 3. The summed E-state index contributed by atoms with van der Waals surface area (Å²) in [7, 11) is 0. The molecule has 9 nitrogen and oxygen atoms in total. The molecule has 2 aromatic heterocycles. The fourth-order valence-corrected chi connectivity index (χ4v) is 4.93. The van der Waals surface area contributed by atoms with Gasteiger partial charge in [-0.05, 0) is 32.9 Å². The van der Waals surface area contributed by atoms with E-state index in [1.807, 2.05) is 24.8 Å². The predicted molar refractivity (Wildman–Crippen MR) is 129 cm³/mol. The van der Waals surface area contributed by atoms with E-state index in [1.165, 1.54) is 13.3 Å². The predicted octanol–water partition coefficient (Wildman–Crippen LogP) is 3.10. The van der Waals surface area contributed by atoms with Crippen LogP contribution >= 0.6 is 0 Å². The zero-order chi connectivity index (χ0) is 25.5. The highest BCUT2D eigenvalue weighted by atomic mass is 19.1. The molecule has 0 spiro atoms. The molecule has 0 aliphatic carbocycles. The Morgan fingerprint density at radius 1 is 1.20 bits per heavy atom. The maximum absolute atomic E-state index is 13.5. The fourth-order valence-electron chi connectivity index (χ4n) is 4.93. The average Bonchev–Trinajstić information content (AvgIpc) is 3.15. The van der Waals surface area contributed by atoms with Crippen LogP contribution in [-0.4, -0.2) is 64.2 Å². The van der Waals surface area contributed by atoms with Gasteiger partial charge in [0.25, 0.3) is 0 Å². The number of carbonyl (C=O) groups is 1. The van der Waals surface area contributed by atoms with Crippen molar-refractivity contribution in [3.63, 3.8) is 0 Å². The van der Waals surface area contributed by atoms with Crippen molar-refractivity contribution in [1.29, 1.82) is 10.5 Å². The quantitative estimate of drug-likeness (QED) is 0.662. The molecule has 10 heteroatoms. The molecule has 1 saturated heterocycles. The number of piperazine rings is 1. The van der Waals surface area contributed by atoms with E-state index in [4.69, 9.17) is 0 Å². The average molecular weight is 477 g/mol. The summed E-state index contributed by atoms with van der Waals surface area (Å²) < 4.78 is 13.5. The summed E-state index contributed by atoms with van der Waals surface area (Å²) in [6, 6.07) is 7.07. The highest BCUT2D eigenvalue weighted by molar-refractivity contribution is 5.86. The lowest BCUT2D eigenvalue weighted by atomic mass is 9.87. The number of rotatable bonds is 4. The molecule has 2 aromatic rings. The van der Waals surface area contributed by atoms with Crippen LogP contribution in [0.2, 0.25) is 0 Å². The Bertz CT molecular complexity index is 1230. The van der Waals surface area contributed by atoms with Crippen LogP contribution < -0.4 is 9.80 Å². The number of fused-ring (bicyclic) bond motifs is 1. The second-order valence-electron chi connectivity index (χ2n) is 10.3. The Hall–Kier alpha value is -3.79. The molecule has 4 rings (SSSR count). The number of alkyl halides is 1. The van der Waals surface area contributed by atoms with Crippen molar-refractivity contribution in [3.8, 4) is 12.1 Å². The topological polar surface area (TPSA) is 113 Å². The lowest BCUT2D eigenvalue weighted by Crippen LogP contribution is -2.61. The number of hydrogen-bond donors (Lipinski definition) is 0. The number of hydrogen-bond acceptors (Lipinski definition) is 8. The van der Waals surface area contributed by atoms with Crippen LogP contribution in [0, 0.1) is 28.1 Å². The van der Waals surface area contributed by atoms with Crippen LogP contribution in [0.15, 0.2) is 24.7 Å². The van der Waals surface area contributed by atoms with Gasteiger partial charge in [-0.3, -0.25) is 4.79 Å². The lowest BCUT2D eigenvalue weighted by Gasteiger charge is -2.46. The van der Waals surface area contributed by atoms with E-state index in [9.17, 15) is 19.7 Å². The van der Waals surface area contributed by atoms with Gasteiger partial charge in [0.1, 0.15) is 30.5 Å². The highest BCUT2D eigenvalue weighted by Crippen LogP contribution is 2.47. The normalized spacial score (nSPS) is 22.7. The van der Waals surface area contributed by atoms with E-state index in [0.717, 1.165) is 17.2 Å². The zero-order valence-corrected chi connectivity index (χ0v) is 20.7. The van der Waals surface area contributed by atoms with E-state index in [0.29, 0.717) is 31.0 Å². The minimum atomic E-state index is -1.68. The van der Waals surface area contributed by atoms with Gasteiger partial charge in [0.15, 0.2) is 5.41 Å². The molecule has 0 aromatic carbocycles. The molecule has 182 valence electrons. The van der Waals surface area contributed by atoms with Gasteiger partial charge in [0.05, 0.1) is 17.7 Å². The van der Waals surface area contributed by atoms with Crippen LogP contribution in [0.1, 0.15) is 45.7 Å². The van der Waals surface area contributed by atoms with Gasteiger partial charge in [0, 0.05) is 48.9 Å². The first kappa shape index (κ1) is 24.3. The minimum absolute atomic E-state index is 0.110. The van der Waals surface area contributed by atoms with Crippen molar-refractivity contribution in [3.05, 3.63) is 35.8 Å². The summed E-state index contributed by atoms with van der Waals surface area (Å²) in [6.45, 7) is 9.95. The third-order valence-corrected chi connectivity index (χ3v) is 6.95. The molecule has 2 aliphatic heterocycles. The van der Waals surface area contributed by atoms with Crippen LogP contribution in [0.5, 0.6) is 0 Å². The second kappa shape index (κ2) is 8.77. The van der Waals surface area contributed by atoms with Crippen molar-refractivity contribution in [1.82, 2.24) is 19.9 Å². The number of nitrogens with zero attached hydrogens (tertiary/aromatic N) is 8. The van der Waals surface area contributed by atoms with Gasteiger partial charge >= 0.3 is 0 Å². The molecule has 3 atom stereocenters. The molecule has 35 heavy (non-hydrogen) atoms. The maximum atomic E-state index is 13.5. The number of halogens is 1. The number of amides is 1. The Morgan fingerprint density at radius 3 is 2.57 bits per heavy atom. The fraction of sp³-hybridized carbons (Fsp3) is 0.520. The summed E-state index contributed by atoms with van der Waals surface area (Å²) in [4.78, 5) is 32.5. The smallest absolute Gasteiger partial charge is 0.245 e. The van der Waals surface area contributed by atoms with Crippen molar-refractivity contribution in [2.24, 2.45) is 5.41 Å². The highest BCUT2D eigenvalue weighted by Gasteiger charge is 2.45. The molecule has 1 unspecified atom stereocenters. The summed E-state index contributed by atoms with van der Waals surface area (Å²) in [5.74, 6) is 1.71. The molecule has 1 fully saturated rings. The van der Waals surface area contributed by atoms with Gasteiger partial charge in [-0.2, -0.15) is 10.5 Å². The molecule has 1 amide bonds. The third kappa shape index (κ3) is 4.03. The van der Waals surface area contributed by atoms with Crippen LogP contribution in [0.25, 0.3) is 0 Å². The van der Waals surface area contributed by atoms with E-state index < -0.39 is 18.0 Å². The van der Waals surface area contributed by atoms with E-state index in [-0.39, 0.29) is 17.5 Å². The monoisotopic (exact) mass is 476 g/mol. The first-order chi connectivity index (χ1) is 16.6. The molecule has 0 bridgehead atoms. The van der Waals surface area contributed by atoms with Gasteiger partial charge < -0.3 is 14.7 Å². The lowest BCUT2D eigenvalue weighted by molar-refractivity contribution is -0.142. The standard InChI is InChI=1S/C25H29FN8O/c1-16-11-33(23(35)25(5,12-26)13-28)17(2)10-32(16)21-20-22(31-15-30-21)34(14-24(20,3)4)19-8-18(9-27)6-7-29-19/h6-8,15-17H,10-12,14H2,1-5H3/t16-,17+,25?/m0/s1. The SMILES string of the molecule is C[C@@H]1CN(c2ncnc3c2C(C)(C)CN3c2cc(C#N)ccn2)[C@@H](C)CN1C(=O)C(C)(C#N)CF. The second-order valence-corrected chi connectivity index (χ2v) is 10.3. The number of pyridine rings is 1. The van der Waals surface area contributed by atoms with Gasteiger partial charge in [-0.1, -0.05) is 13.8 Å². The minimum Gasteiger partial charge on any atom is -0.350 e. The summed E-state index contributed by atoms with van der Waals surface area (Å²) >= 11 is 0. The summed E-state index contributed by atoms with van der Waals surface area (Å²) in [5.41, 5.74) is -0.482. The van der Waals surface area contributed by atoms with Crippen LogP contribution in [0.3, 0.4) is 0 Å². The number of anilines is 3. The molecular weight excluding hydrogens is 447 g/mol. The molecular formula is C25H29FN8O. The summed E-state index contributed by atoms with van der Waals surface area (Å²) in [6.07, 6.45) is 3.15. The molecule has 0 N–H and O–H groups in total. The van der Waals surface area contributed by atoms with Gasteiger partial charge in [-0.15, -0.1) is 0 Å². The van der Waals surface area contributed by atoms with Crippen molar-refractivity contribution in [2.45, 2.75) is 52.1 Å². The van der Waals surface area contributed by atoms with Crippen molar-refractivity contribution in [2.75, 3.05) is 36.1 Å². The van der Waals surface area contributed by atoms with Gasteiger partial charge in [-0.25, -0.2) is 19.3 Å². The summed E-state index contributed by atoms with van der Waals surface area (Å²) in [5, 5.41) is 18.7. The molecule has 0 saturated carbocycles. The van der Waals surface area contributed by atoms with E-state index in [1.54, 1.807) is 23.2 Å². The van der Waals surface area contributed by atoms with Crippen LogP contribution in [-0.2, 0) is 10.2 Å². The molecule has 2 aliphatic rings. The van der Waals surface area contributed by atoms with Gasteiger partial charge in [0.2, 0.25) is 5.91 Å². The van der Waals surface area contributed by atoms with E-state index in [2.05, 4.69) is 39.8 Å². The first-order valence-corrected chi connectivity index (χ1v) is 11.6. The maximum Gasteiger partial charge on any atom is 0.245 e. The molecule has 4 heterocycles. The van der Waals surface area contributed by atoms with Crippen molar-refractivity contribution >= 4 is 23.4 Å². The Morgan fingerprint density at radius 2 is 1.91 bits per heavy atom. The zero-order valence-electron chi connectivity index (χ0n) is 20.7. The first-order valence-electron chi connectivity index (χ1n) is 11.6. The Labute approximate surface area is 204 Å². The number of nitriles is 2. The largest absolute Gasteiger partial charge is 0.350 e. The van der Waals surface area contributed by atoms with Crippen LogP contribution in [0.4, 0.5) is 21.8 Å². The number of carbonyl (C=O) groups excluding carboxylic acids is 1. The van der Waals surface area contributed by atoms with E-state index >= 15 is 0 Å². The Kier molecular flexibility index (Phi) is 6.10. The Balaban J connectivity index is 1.69. The third-order valence-electron chi connectivity index (χ3n) is 6.95.